The lowest BCUT2D eigenvalue weighted by atomic mass is 10.1. The Labute approximate surface area is 117 Å². The lowest BCUT2D eigenvalue weighted by molar-refractivity contribution is 0.101. The van der Waals surface area contributed by atoms with Gasteiger partial charge in [-0.2, -0.15) is 0 Å². The molecule has 0 saturated carbocycles. The van der Waals surface area contributed by atoms with E-state index in [9.17, 15) is 9.59 Å². The monoisotopic (exact) mass is 268 g/mol. The summed E-state index contributed by atoms with van der Waals surface area (Å²) in [6, 6.07) is 14.1. The van der Waals surface area contributed by atoms with Crippen LogP contribution in [0.1, 0.15) is 27.6 Å². The fourth-order valence-corrected chi connectivity index (χ4v) is 1.84. The second-order valence-corrected chi connectivity index (χ2v) is 4.42. The van der Waals surface area contributed by atoms with Gasteiger partial charge >= 0.3 is 0 Å². The highest BCUT2D eigenvalue weighted by Gasteiger charge is 2.08. The molecule has 0 radical (unpaired) electrons. The molecule has 102 valence electrons. The van der Waals surface area contributed by atoms with E-state index < -0.39 is 0 Å². The molecule has 0 bridgehead atoms. The van der Waals surface area contributed by atoms with E-state index in [-0.39, 0.29) is 11.7 Å². The molecule has 0 atom stereocenters. The quantitative estimate of drug-likeness (QED) is 0.837. The number of carbonyl (C=O) groups is 2. The van der Waals surface area contributed by atoms with Gasteiger partial charge in [0.05, 0.1) is 0 Å². The molecular formula is C16H16N2O2. The van der Waals surface area contributed by atoms with Crippen molar-refractivity contribution in [1.29, 1.82) is 0 Å². The van der Waals surface area contributed by atoms with E-state index in [1.807, 2.05) is 31.3 Å². The number of hydrogen-bond donors (Lipinski definition) is 2. The molecule has 2 N–H and O–H groups in total. The van der Waals surface area contributed by atoms with Gasteiger partial charge in [-0.05, 0) is 37.3 Å². The molecule has 2 aromatic carbocycles. The molecule has 0 saturated heterocycles. The van der Waals surface area contributed by atoms with E-state index in [1.165, 1.54) is 6.92 Å². The van der Waals surface area contributed by atoms with Gasteiger partial charge in [-0.1, -0.05) is 18.2 Å². The van der Waals surface area contributed by atoms with Crippen LogP contribution >= 0.6 is 0 Å². The van der Waals surface area contributed by atoms with Crippen molar-refractivity contribution in [1.82, 2.24) is 0 Å². The predicted octanol–water partition coefficient (Wildman–Crippen LogP) is 3.18. The summed E-state index contributed by atoms with van der Waals surface area (Å²) in [6.07, 6.45) is 0. The van der Waals surface area contributed by atoms with Crippen LogP contribution in [0, 0.1) is 0 Å². The second kappa shape index (κ2) is 6.02. The molecule has 0 unspecified atom stereocenters. The van der Waals surface area contributed by atoms with Crippen molar-refractivity contribution in [2.24, 2.45) is 0 Å². The van der Waals surface area contributed by atoms with Gasteiger partial charge in [0, 0.05) is 29.5 Å². The van der Waals surface area contributed by atoms with Crippen molar-refractivity contribution in [2.45, 2.75) is 6.92 Å². The standard InChI is InChI=1S/C16H16N2O2/c1-11(19)12-5-3-6-13(9-12)16(20)18-15-8-4-7-14(10-15)17-2/h3-10,17H,1-2H3,(H,18,20). The summed E-state index contributed by atoms with van der Waals surface area (Å²) >= 11 is 0. The molecule has 0 aliphatic carbocycles. The van der Waals surface area contributed by atoms with Gasteiger partial charge in [0.1, 0.15) is 0 Å². The average molecular weight is 268 g/mol. The molecule has 0 fully saturated rings. The van der Waals surface area contributed by atoms with Crippen LogP contribution < -0.4 is 10.6 Å². The number of nitrogens with one attached hydrogen (secondary N) is 2. The first-order chi connectivity index (χ1) is 9.60. The number of carbonyl (C=O) groups excluding carboxylic acids is 2. The zero-order chi connectivity index (χ0) is 14.5. The molecule has 1 amide bonds. The zero-order valence-corrected chi connectivity index (χ0v) is 11.4. The number of amides is 1. The van der Waals surface area contributed by atoms with Gasteiger partial charge in [-0.3, -0.25) is 9.59 Å². The van der Waals surface area contributed by atoms with Crippen molar-refractivity contribution < 1.29 is 9.59 Å². The molecule has 4 nitrogen and oxygen atoms in total. The topological polar surface area (TPSA) is 58.2 Å². The molecule has 0 aliphatic rings. The Morgan fingerprint density at radius 2 is 1.55 bits per heavy atom. The SMILES string of the molecule is CNc1cccc(NC(=O)c2cccc(C(C)=O)c2)c1. The molecular weight excluding hydrogens is 252 g/mol. The Morgan fingerprint density at radius 3 is 2.25 bits per heavy atom. The molecule has 0 heterocycles. The summed E-state index contributed by atoms with van der Waals surface area (Å²) in [5.74, 6) is -0.293. The fourth-order valence-electron chi connectivity index (χ4n) is 1.84. The summed E-state index contributed by atoms with van der Waals surface area (Å²) in [5.41, 5.74) is 2.62. The minimum absolute atomic E-state index is 0.0585. The summed E-state index contributed by atoms with van der Waals surface area (Å²) in [4.78, 5) is 23.5. The summed E-state index contributed by atoms with van der Waals surface area (Å²) < 4.78 is 0. The Balaban J connectivity index is 2.19. The second-order valence-electron chi connectivity index (χ2n) is 4.42. The molecule has 4 heteroatoms. The van der Waals surface area contributed by atoms with Crippen molar-refractivity contribution in [3.8, 4) is 0 Å². The first kappa shape index (κ1) is 13.8. The van der Waals surface area contributed by atoms with E-state index in [0.29, 0.717) is 16.8 Å². The maximum atomic E-state index is 12.1. The smallest absolute Gasteiger partial charge is 0.255 e. The van der Waals surface area contributed by atoms with Crippen LogP contribution in [0.5, 0.6) is 0 Å². The number of ketones is 1. The molecule has 0 aliphatic heterocycles. The maximum absolute atomic E-state index is 12.1. The van der Waals surface area contributed by atoms with Crippen LogP contribution in [0.15, 0.2) is 48.5 Å². The summed E-state index contributed by atoms with van der Waals surface area (Å²) in [5, 5.41) is 5.82. The van der Waals surface area contributed by atoms with Crippen molar-refractivity contribution in [3.63, 3.8) is 0 Å². The van der Waals surface area contributed by atoms with Gasteiger partial charge in [-0.25, -0.2) is 0 Å². The van der Waals surface area contributed by atoms with Crippen molar-refractivity contribution in [2.75, 3.05) is 17.7 Å². The minimum Gasteiger partial charge on any atom is -0.388 e. The maximum Gasteiger partial charge on any atom is 0.255 e. The third-order valence-corrected chi connectivity index (χ3v) is 2.94. The number of rotatable bonds is 4. The van der Waals surface area contributed by atoms with E-state index >= 15 is 0 Å². The van der Waals surface area contributed by atoms with Crippen LogP contribution in [-0.4, -0.2) is 18.7 Å². The van der Waals surface area contributed by atoms with Crippen LogP contribution in [0.25, 0.3) is 0 Å². The Morgan fingerprint density at radius 1 is 0.900 bits per heavy atom. The van der Waals surface area contributed by atoms with E-state index in [0.717, 1.165) is 5.69 Å². The third kappa shape index (κ3) is 3.23. The lowest BCUT2D eigenvalue weighted by Gasteiger charge is -2.08. The normalized spacial score (nSPS) is 9.90. The van der Waals surface area contributed by atoms with Crippen molar-refractivity contribution in [3.05, 3.63) is 59.7 Å². The van der Waals surface area contributed by atoms with Gasteiger partial charge in [0.2, 0.25) is 0 Å². The van der Waals surface area contributed by atoms with Gasteiger partial charge < -0.3 is 10.6 Å². The number of Topliss-reactive ketones (excluding diaryl/α,β-unsaturated/α-hetero) is 1. The van der Waals surface area contributed by atoms with Crippen LogP contribution in [0.3, 0.4) is 0 Å². The third-order valence-electron chi connectivity index (χ3n) is 2.94. The highest BCUT2D eigenvalue weighted by atomic mass is 16.1. The van der Waals surface area contributed by atoms with E-state index in [1.54, 1.807) is 24.3 Å². The first-order valence-electron chi connectivity index (χ1n) is 6.30. The van der Waals surface area contributed by atoms with Gasteiger partial charge in [-0.15, -0.1) is 0 Å². The number of benzene rings is 2. The van der Waals surface area contributed by atoms with Crippen LogP contribution in [-0.2, 0) is 0 Å². The van der Waals surface area contributed by atoms with Crippen molar-refractivity contribution >= 4 is 23.1 Å². The fraction of sp³-hybridized carbons (Fsp3) is 0.125. The average Bonchev–Trinajstić information content (AvgIpc) is 2.47. The highest BCUT2D eigenvalue weighted by molar-refractivity contribution is 6.06. The van der Waals surface area contributed by atoms with E-state index in [2.05, 4.69) is 10.6 Å². The Bertz CT molecular complexity index is 650. The van der Waals surface area contributed by atoms with E-state index in [4.69, 9.17) is 0 Å². The zero-order valence-electron chi connectivity index (χ0n) is 11.4. The molecule has 2 aromatic rings. The largest absolute Gasteiger partial charge is 0.388 e. The summed E-state index contributed by atoms with van der Waals surface area (Å²) in [6.45, 7) is 1.48. The first-order valence-corrected chi connectivity index (χ1v) is 6.30. The lowest BCUT2D eigenvalue weighted by Crippen LogP contribution is -2.12. The predicted molar refractivity (Wildman–Crippen MR) is 80.4 cm³/mol. The Kier molecular flexibility index (Phi) is 4.15. The molecule has 20 heavy (non-hydrogen) atoms. The highest BCUT2D eigenvalue weighted by Crippen LogP contribution is 2.16. The number of anilines is 2. The number of hydrogen-bond acceptors (Lipinski definition) is 3. The molecule has 2 rings (SSSR count). The van der Waals surface area contributed by atoms with Crippen LogP contribution in [0.2, 0.25) is 0 Å². The Hall–Kier alpha value is -2.62. The van der Waals surface area contributed by atoms with Gasteiger partial charge in [0.25, 0.3) is 5.91 Å². The van der Waals surface area contributed by atoms with Crippen LogP contribution in [0.4, 0.5) is 11.4 Å². The minimum atomic E-state index is -0.235. The van der Waals surface area contributed by atoms with Gasteiger partial charge in [0.15, 0.2) is 5.78 Å². The molecule has 0 aromatic heterocycles. The molecule has 0 spiro atoms. The summed E-state index contributed by atoms with van der Waals surface area (Å²) in [7, 11) is 1.82.